The fourth-order valence-electron chi connectivity index (χ4n) is 8.55. The van der Waals surface area contributed by atoms with Crippen molar-refractivity contribution in [2.45, 2.75) is 219 Å². The third kappa shape index (κ3) is 21.6. The summed E-state index contributed by atoms with van der Waals surface area (Å²) in [6, 6.07) is 0. The maximum atomic E-state index is 13.4. The van der Waals surface area contributed by atoms with E-state index in [0.717, 1.165) is 51.9 Å². The first kappa shape index (κ1) is 51.4. The minimum absolute atomic E-state index is 0.119. The van der Waals surface area contributed by atoms with Gasteiger partial charge >= 0.3 is 5.69 Å². The highest BCUT2D eigenvalue weighted by molar-refractivity contribution is 7.50. The van der Waals surface area contributed by atoms with E-state index in [4.69, 9.17) is 9.26 Å². The van der Waals surface area contributed by atoms with E-state index in [1.54, 1.807) is 6.92 Å². The van der Waals surface area contributed by atoms with Crippen LogP contribution in [0.25, 0.3) is 0 Å². The summed E-state index contributed by atoms with van der Waals surface area (Å²) in [7, 11) is -4.68. The molecule has 0 saturated carbocycles. The lowest BCUT2D eigenvalue weighted by Gasteiger charge is -2.28. The number of hydrogen-bond donors (Lipinski definition) is 2. The number of guanidine groups is 1. The highest BCUT2D eigenvalue weighted by atomic mass is 31.2. The van der Waals surface area contributed by atoms with Gasteiger partial charge in [0.2, 0.25) is 5.96 Å². The van der Waals surface area contributed by atoms with Crippen LogP contribution in [0.4, 0.5) is 0 Å². The van der Waals surface area contributed by atoms with E-state index >= 15 is 0 Å². The van der Waals surface area contributed by atoms with Gasteiger partial charge in [-0.15, -0.1) is 0 Å². The molecule has 59 heavy (non-hydrogen) atoms. The largest absolute Gasteiger partial charge is 0.760 e. The molecule has 0 bridgehead atoms. The van der Waals surface area contributed by atoms with Crippen LogP contribution < -0.4 is 16.1 Å². The van der Waals surface area contributed by atoms with Crippen molar-refractivity contribution in [3.05, 3.63) is 32.6 Å². The van der Waals surface area contributed by atoms with Crippen molar-refractivity contribution in [3.63, 3.8) is 0 Å². The van der Waals surface area contributed by atoms with Crippen molar-refractivity contribution in [3.8, 4) is 0 Å². The van der Waals surface area contributed by atoms with E-state index in [2.05, 4.69) is 33.4 Å². The molecule has 2 N–H and O–H groups in total. The summed E-state index contributed by atoms with van der Waals surface area (Å²) in [6.45, 7) is 9.03. The second kappa shape index (κ2) is 31.0. The zero-order valence-electron chi connectivity index (χ0n) is 37.7. The Hall–Kier alpha value is -1.98. The Bertz CT molecular complexity index is 1390. The van der Waals surface area contributed by atoms with Crippen LogP contribution in [0.5, 0.6) is 0 Å². The highest BCUT2D eigenvalue weighted by Crippen LogP contribution is 2.41. The van der Waals surface area contributed by atoms with Crippen LogP contribution in [0.15, 0.2) is 20.5 Å². The van der Waals surface area contributed by atoms with Gasteiger partial charge in [0.25, 0.3) is 13.3 Å². The summed E-state index contributed by atoms with van der Waals surface area (Å²) in [4.78, 5) is 43.9. The van der Waals surface area contributed by atoms with Crippen LogP contribution in [0.2, 0.25) is 0 Å². The van der Waals surface area contributed by atoms with Crippen LogP contribution >= 0.6 is 7.75 Å². The number of unbranched alkanes of at least 4 members (excludes halogenated alkanes) is 26. The van der Waals surface area contributed by atoms with Gasteiger partial charge in [-0.1, -0.05) is 181 Å². The van der Waals surface area contributed by atoms with Gasteiger partial charge < -0.3 is 29.1 Å². The molecule has 3 unspecified atom stereocenters. The molecule has 12 nitrogen and oxygen atoms in total. The normalized spacial score (nSPS) is 19.3. The molecule has 4 atom stereocenters. The van der Waals surface area contributed by atoms with Gasteiger partial charge in [-0.25, -0.2) is 4.79 Å². The van der Waals surface area contributed by atoms with Crippen molar-refractivity contribution in [2.24, 2.45) is 10.7 Å². The van der Waals surface area contributed by atoms with Crippen molar-refractivity contribution in [1.29, 1.82) is 0 Å². The van der Waals surface area contributed by atoms with Crippen molar-refractivity contribution >= 4 is 13.7 Å². The maximum absolute atomic E-state index is 13.4. The van der Waals surface area contributed by atoms with Crippen LogP contribution in [0, 0.1) is 12.8 Å². The van der Waals surface area contributed by atoms with E-state index in [9.17, 15) is 24.2 Å². The van der Waals surface area contributed by atoms with Gasteiger partial charge in [0, 0.05) is 50.4 Å². The Kier molecular flexibility index (Phi) is 26.9. The first-order chi connectivity index (χ1) is 28.6. The lowest BCUT2D eigenvalue weighted by atomic mass is 10.0. The number of aliphatic hydroxyl groups excluding tert-OH is 1. The molecule has 1 aromatic heterocycles. The third-order valence-corrected chi connectivity index (χ3v) is 13.3. The van der Waals surface area contributed by atoms with Gasteiger partial charge in [-0.3, -0.25) is 18.9 Å². The summed E-state index contributed by atoms with van der Waals surface area (Å²) in [5.41, 5.74) is -0.638. The van der Waals surface area contributed by atoms with Gasteiger partial charge in [0.15, 0.2) is 0 Å². The summed E-state index contributed by atoms with van der Waals surface area (Å²) >= 11 is 0. The fraction of sp³-hybridized carbons (Fsp3) is 0.891. The molecule has 2 saturated heterocycles. The number of ether oxygens (including phenoxy) is 1. The minimum atomic E-state index is -4.68. The third-order valence-electron chi connectivity index (χ3n) is 12.4. The molecular formula is C46H85N5O7P-. The molecule has 2 fully saturated rings. The van der Waals surface area contributed by atoms with Crippen LogP contribution in [-0.2, 0) is 20.4 Å². The molecule has 0 aliphatic carbocycles. The number of hydrogen-bond acceptors (Lipinski definition) is 7. The standard InChI is InChI=1S/C46H86N5O7P/c1-4-6-8-10-12-14-16-18-20-22-24-26-28-30-32-49-34-35-50(33-31-29-27-25-23-21-19-17-15-13-11-9-7-5-2)45(49)48-59(55,56)58-39-42-43(52)41(38-57-42)37-51-36-40(3)44(53)47-46(51)54/h36,41-43,52H,4-35,37-39H2,1-3H3,(H,55,56)(H,47,53,54)/p-1/t41?,42-,43?/m1/s1. The lowest BCUT2D eigenvalue weighted by molar-refractivity contribution is -0.201. The number of aryl methyl sites for hydroxylation is 1. The molecule has 0 aromatic carbocycles. The molecule has 0 amide bonds. The van der Waals surface area contributed by atoms with Crippen LogP contribution in [0.3, 0.4) is 0 Å². The van der Waals surface area contributed by atoms with Gasteiger partial charge in [-0.2, -0.15) is 4.76 Å². The van der Waals surface area contributed by atoms with E-state index < -0.39 is 37.1 Å². The topological polar surface area (TPSA) is 153 Å². The Balaban J connectivity index is 1.43. The smallest absolute Gasteiger partial charge is 0.328 e. The molecule has 2 aliphatic rings. The van der Waals surface area contributed by atoms with Crippen molar-refractivity contribution in [2.75, 3.05) is 39.4 Å². The predicted octanol–water partition coefficient (Wildman–Crippen LogP) is 9.64. The molecular weight excluding hydrogens is 766 g/mol. The zero-order chi connectivity index (χ0) is 42.6. The Morgan fingerprint density at radius 3 is 1.56 bits per heavy atom. The minimum Gasteiger partial charge on any atom is -0.760 e. The molecule has 2 aliphatic heterocycles. The average Bonchev–Trinajstić information content (AvgIpc) is 3.76. The SMILES string of the molecule is CCCCCCCCCCCCCCCCN1CCN(CCCCCCCCCCCCCCCC)C1=NP(=O)([O-])OC[C@H]1OCC(Cn2cc(C)c(=O)[nH]c2=O)C1O. The number of aromatic nitrogens is 2. The zero-order valence-corrected chi connectivity index (χ0v) is 38.6. The number of aliphatic hydroxyl groups is 1. The molecule has 13 heteroatoms. The van der Waals surface area contributed by atoms with E-state index in [-0.39, 0.29) is 19.8 Å². The first-order valence-electron chi connectivity index (χ1n) is 24.3. The molecule has 342 valence electrons. The van der Waals surface area contributed by atoms with E-state index in [0.29, 0.717) is 11.5 Å². The van der Waals surface area contributed by atoms with Crippen LogP contribution in [-0.4, -0.2) is 82.0 Å². The van der Waals surface area contributed by atoms with E-state index in [1.807, 2.05) is 0 Å². The average molecular weight is 851 g/mol. The van der Waals surface area contributed by atoms with Gasteiger partial charge in [-0.05, 0) is 19.8 Å². The molecule has 3 rings (SSSR count). The quantitative estimate of drug-likeness (QED) is 0.0497. The van der Waals surface area contributed by atoms with Crippen LogP contribution in [0.1, 0.15) is 199 Å². The Morgan fingerprint density at radius 1 is 0.729 bits per heavy atom. The first-order valence-corrected chi connectivity index (χ1v) is 25.8. The number of H-pyrrole nitrogens is 1. The van der Waals surface area contributed by atoms with Gasteiger partial charge in [0.1, 0.15) is 6.10 Å². The number of rotatable bonds is 36. The Morgan fingerprint density at radius 2 is 1.14 bits per heavy atom. The summed E-state index contributed by atoms with van der Waals surface area (Å²) in [5, 5.41) is 11.0. The molecule has 0 spiro atoms. The fourth-order valence-corrected chi connectivity index (χ4v) is 9.42. The number of nitrogens with one attached hydrogen (secondary N) is 1. The monoisotopic (exact) mass is 851 g/mol. The summed E-state index contributed by atoms with van der Waals surface area (Å²) < 4.78 is 30.1. The predicted molar refractivity (Wildman–Crippen MR) is 240 cm³/mol. The lowest BCUT2D eigenvalue weighted by Crippen LogP contribution is -2.37. The van der Waals surface area contributed by atoms with Gasteiger partial charge in [0.05, 0.1) is 19.3 Å². The summed E-state index contributed by atoms with van der Waals surface area (Å²) in [5.74, 6) is 0.00582. The highest BCUT2D eigenvalue weighted by Gasteiger charge is 2.37. The molecule has 0 radical (unpaired) electrons. The maximum Gasteiger partial charge on any atom is 0.328 e. The number of aromatic amines is 1. The van der Waals surface area contributed by atoms with E-state index in [1.165, 1.54) is 165 Å². The second-order valence-electron chi connectivity index (χ2n) is 17.7. The molecule has 1 aromatic rings. The molecule has 3 heterocycles. The number of nitrogens with zero attached hydrogens (tertiary/aromatic N) is 4. The second-order valence-corrected chi connectivity index (χ2v) is 19.1. The summed E-state index contributed by atoms with van der Waals surface area (Å²) in [6.07, 6.45) is 35.7. The van der Waals surface area contributed by atoms with Crippen molar-refractivity contribution < 1.29 is 23.8 Å². The van der Waals surface area contributed by atoms with Crippen molar-refractivity contribution in [1.82, 2.24) is 19.4 Å². The Labute approximate surface area is 357 Å².